The average molecular weight is 290 g/mol. The molecule has 0 aromatic carbocycles. The Bertz CT molecular complexity index is 420. The van der Waals surface area contributed by atoms with E-state index in [9.17, 15) is 13.2 Å². The van der Waals surface area contributed by atoms with Crippen molar-refractivity contribution in [3.8, 4) is 0 Å². The van der Waals surface area contributed by atoms with Gasteiger partial charge in [0.2, 0.25) is 5.91 Å². The van der Waals surface area contributed by atoms with Crippen LogP contribution in [-0.2, 0) is 14.6 Å². The topological polar surface area (TPSA) is 89.3 Å². The first kappa shape index (κ1) is 16.4. The number of carbonyl (C=O) groups excluding carboxylic acids is 1. The van der Waals surface area contributed by atoms with Gasteiger partial charge in [-0.3, -0.25) is 4.79 Å². The molecule has 0 saturated carbocycles. The zero-order chi connectivity index (χ0) is 14.7. The Labute approximate surface area is 116 Å². The van der Waals surface area contributed by atoms with Crippen molar-refractivity contribution in [1.29, 1.82) is 0 Å². The average Bonchev–Trinajstić information content (AvgIpc) is 2.50. The van der Waals surface area contributed by atoms with Crippen molar-refractivity contribution in [3.05, 3.63) is 0 Å². The molecule has 0 bridgehead atoms. The van der Waals surface area contributed by atoms with Gasteiger partial charge in [-0.25, -0.2) is 8.42 Å². The van der Waals surface area contributed by atoms with Gasteiger partial charge in [0, 0.05) is 6.42 Å². The van der Waals surface area contributed by atoms with Gasteiger partial charge in [-0.05, 0) is 38.1 Å². The van der Waals surface area contributed by atoms with Gasteiger partial charge in [0.05, 0.1) is 17.0 Å². The van der Waals surface area contributed by atoms with Crippen LogP contribution >= 0.6 is 0 Å². The molecule has 0 aromatic heterocycles. The summed E-state index contributed by atoms with van der Waals surface area (Å²) in [7, 11) is -2.99. The standard InChI is InChI=1S/C13H26N2O3S/c1-10(2)6-11(8-14)7-12(16)15-13(3)4-5-19(17,18)9-13/h10-11H,4-9,14H2,1-3H3,(H,15,16). The van der Waals surface area contributed by atoms with Crippen LogP contribution in [0.3, 0.4) is 0 Å². The summed E-state index contributed by atoms with van der Waals surface area (Å²) in [5, 5.41) is 2.88. The molecule has 112 valence electrons. The second-order valence-electron chi connectivity index (χ2n) is 6.39. The van der Waals surface area contributed by atoms with Crippen molar-refractivity contribution >= 4 is 15.7 Å². The quantitative estimate of drug-likeness (QED) is 0.753. The third kappa shape index (κ3) is 5.48. The Morgan fingerprint density at radius 2 is 2.05 bits per heavy atom. The summed E-state index contributed by atoms with van der Waals surface area (Å²) in [5.74, 6) is 0.792. The molecule has 5 nitrogen and oxygen atoms in total. The van der Waals surface area contributed by atoms with Gasteiger partial charge in [0.15, 0.2) is 9.84 Å². The van der Waals surface area contributed by atoms with Crippen molar-refractivity contribution < 1.29 is 13.2 Å². The summed E-state index contributed by atoms with van der Waals surface area (Å²) in [6.45, 7) is 6.49. The van der Waals surface area contributed by atoms with E-state index in [-0.39, 0.29) is 23.3 Å². The molecule has 0 aromatic rings. The number of carbonyl (C=O) groups is 1. The predicted octanol–water partition coefficient (Wildman–Crippen LogP) is 0.691. The summed E-state index contributed by atoms with van der Waals surface area (Å²) >= 11 is 0. The molecular formula is C13H26N2O3S. The number of nitrogens with one attached hydrogen (secondary N) is 1. The van der Waals surface area contributed by atoms with E-state index in [0.29, 0.717) is 25.3 Å². The van der Waals surface area contributed by atoms with E-state index < -0.39 is 15.4 Å². The summed E-state index contributed by atoms with van der Waals surface area (Å²) in [6, 6.07) is 0. The van der Waals surface area contributed by atoms with E-state index in [4.69, 9.17) is 5.73 Å². The molecule has 2 unspecified atom stereocenters. The van der Waals surface area contributed by atoms with Crippen molar-refractivity contribution in [2.24, 2.45) is 17.6 Å². The molecule has 0 radical (unpaired) electrons. The van der Waals surface area contributed by atoms with E-state index in [1.807, 2.05) is 0 Å². The van der Waals surface area contributed by atoms with E-state index in [1.165, 1.54) is 0 Å². The van der Waals surface area contributed by atoms with Crippen molar-refractivity contribution in [3.63, 3.8) is 0 Å². The lowest BCUT2D eigenvalue weighted by Crippen LogP contribution is -2.47. The van der Waals surface area contributed by atoms with Crippen LogP contribution in [0.2, 0.25) is 0 Å². The molecule has 1 saturated heterocycles. The highest BCUT2D eigenvalue weighted by molar-refractivity contribution is 7.91. The van der Waals surface area contributed by atoms with Gasteiger partial charge in [-0.1, -0.05) is 13.8 Å². The summed E-state index contributed by atoms with van der Waals surface area (Å²) in [5.41, 5.74) is 5.07. The van der Waals surface area contributed by atoms with Crippen LogP contribution in [0.5, 0.6) is 0 Å². The molecule has 1 fully saturated rings. The minimum Gasteiger partial charge on any atom is -0.350 e. The lowest BCUT2D eigenvalue weighted by Gasteiger charge is -2.25. The maximum absolute atomic E-state index is 12.0. The highest BCUT2D eigenvalue weighted by Gasteiger charge is 2.39. The molecule has 1 amide bonds. The number of nitrogens with two attached hydrogens (primary N) is 1. The van der Waals surface area contributed by atoms with Gasteiger partial charge in [-0.2, -0.15) is 0 Å². The number of sulfone groups is 1. The van der Waals surface area contributed by atoms with Crippen molar-refractivity contribution in [2.45, 2.75) is 45.6 Å². The molecule has 2 atom stereocenters. The van der Waals surface area contributed by atoms with Gasteiger partial charge >= 0.3 is 0 Å². The van der Waals surface area contributed by atoms with Crippen LogP contribution in [0.1, 0.15) is 40.0 Å². The number of amides is 1. The van der Waals surface area contributed by atoms with E-state index in [2.05, 4.69) is 19.2 Å². The number of rotatable bonds is 6. The fraction of sp³-hybridized carbons (Fsp3) is 0.923. The summed E-state index contributed by atoms with van der Waals surface area (Å²) in [4.78, 5) is 12.0. The van der Waals surface area contributed by atoms with E-state index >= 15 is 0 Å². The maximum Gasteiger partial charge on any atom is 0.220 e. The molecule has 0 aliphatic carbocycles. The van der Waals surface area contributed by atoms with Gasteiger partial charge in [-0.15, -0.1) is 0 Å². The van der Waals surface area contributed by atoms with Crippen molar-refractivity contribution in [2.75, 3.05) is 18.1 Å². The first-order valence-corrected chi connectivity index (χ1v) is 8.69. The number of hydrogen-bond donors (Lipinski definition) is 2. The first-order chi connectivity index (χ1) is 8.66. The Morgan fingerprint density at radius 3 is 2.47 bits per heavy atom. The molecule has 0 spiro atoms. The Balaban J connectivity index is 2.51. The minimum atomic E-state index is -2.99. The van der Waals surface area contributed by atoms with Gasteiger partial charge < -0.3 is 11.1 Å². The molecule has 19 heavy (non-hydrogen) atoms. The maximum atomic E-state index is 12.0. The molecular weight excluding hydrogens is 264 g/mol. The monoisotopic (exact) mass is 290 g/mol. The predicted molar refractivity (Wildman–Crippen MR) is 76.4 cm³/mol. The Kier molecular flexibility index (Phi) is 5.38. The van der Waals surface area contributed by atoms with Crippen LogP contribution in [0, 0.1) is 11.8 Å². The molecule has 1 heterocycles. The first-order valence-electron chi connectivity index (χ1n) is 6.87. The van der Waals surface area contributed by atoms with E-state index in [0.717, 1.165) is 6.42 Å². The van der Waals surface area contributed by atoms with Crippen molar-refractivity contribution in [1.82, 2.24) is 5.32 Å². The second kappa shape index (κ2) is 6.22. The largest absolute Gasteiger partial charge is 0.350 e. The Morgan fingerprint density at radius 1 is 1.42 bits per heavy atom. The van der Waals surface area contributed by atoms with Crippen LogP contribution in [0.25, 0.3) is 0 Å². The molecule has 3 N–H and O–H groups in total. The summed E-state index contributed by atoms with van der Waals surface area (Å²) < 4.78 is 23.0. The lowest BCUT2D eigenvalue weighted by atomic mass is 9.93. The van der Waals surface area contributed by atoms with Gasteiger partial charge in [0.1, 0.15) is 0 Å². The van der Waals surface area contributed by atoms with E-state index in [1.54, 1.807) is 6.92 Å². The highest BCUT2D eigenvalue weighted by atomic mass is 32.2. The van der Waals surface area contributed by atoms with Crippen LogP contribution in [-0.4, -0.2) is 37.9 Å². The summed E-state index contributed by atoms with van der Waals surface area (Å²) in [6.07, 6.45) is 1.79. The molecule has 1 aliphatic heterocycles. The zero-order valence-electron chi connectivity index (χ0n) is 12.1. The van der Waals surface area contributed by atoms with Crippen LogP contribution < -0.4 is 11.1 Å². The normalized spacial score (nSPS) is 27.4. The van der Waals surface area contributed by atoms with Crippen LogP contribution in [0.15, 0.2) is 0 Å². The third-order valence-electron chi connectivity index (χ3n) is 3.56. The number of hydrogen-bond acceptors (Lipinski definition) is 4. The smallest absolute Gasteiger partial charge is 0.220 e. The highest BCUT2D eigenvalue weighted by Crippen LogP contribution is 2.23. The Hall–Kier alpha value is -0.620. The minimum absolute atomic E-state index is 0.0449. The molecule has 6 heteroatoms. The third-order valence-corrected chi connectivity index (χ3v) is 5.46. The van der Waals surface area contributed by atoms with Gasteiger partial charge in [0.25, 0.3) is 0 Å². The fourth-order valence-electron chi connectivity index (χ4n) is 2.69. The lowest BCUT2D eigenvalue weighted by molar-refractivity contribution is -0.123. The zero-order valence-corrected chi connectivity index (χ0v) is 12.9. The molecule has 1 rings (SSSR count). The second-order valence-corrected chi connectivity index (χ2v) is 8.57. The SMILES string of the molecule is CC(C)CC(CN)CC(=O)NC1(C)CCS(=O)(=O)C1. The molecule has 1 aliphatic rings. The fourth-order valence-corrected chi connectivity index (χ4v) is 4.78. The van der Waals surface area contributed by atoms with Crippen LogP contribution in [0.4, 0.5) is 0 Å².